The summed E-state index contributed by atoms with van der Waals surface area (Å²) in [5, 5.41) is 12.9. The molecule has 3 nitrogen and oxygen atoms in total. The number of aliphatic hydroxyl groups is 1. The second-order valence-electron chi connectivity index (χ2n) is 4.72. The van der Waals surface area contributed by atoms with Crippen LogP contribution in [-0.4, -0.2) is 23.7 Å². The van der Waals surface area contributed by atoms with Gasteiger partial charge < -0.3 is 10.4 Å². The summed E-state index contributed by atoms with van der Waals surface area (Å²) in [6.45, 7) is 1.94. The van der Waals surface area contributed by atoms with Crippen molar-refractivity contribution < 1.29 is 9.90 Å². The molecule has 0 saturated heterocycles. The quantitative estimate of drug-likeness (QED) is 0.894. The van der Waals surface area contributed by atoms with Crippen LogP contribution in [0.4, 0.5) is 0 Å². The van der Waals surface area contributed by atoms with Crippen LogP contribution >= 0.6 is 23.2 Å². The van der Waals surface area contributed by atoms with Crippen LogP contribution in [0.2, 0.25) is 10.0 Å². The van der Waals surface area contributed by atoms with Crippen molar-refractivity contribution in [1.29, 1.82) is 0 Å². The van der Waals surface area contributed by atoms with E-state index in [0.29, 0.717) is 16.6 Å². The van der Waals surface area contributed by atoms with Crippen LogP contribution in [0.1, 0.15) is 24.8 Å². The zero-order chi connectivity index (χ0) is 13.3. The molecule has 3 unspecified atom stereocenters. The molecule has 3 atom stereocenters. The highest BCUT2D eigenvalue weighted by atomic mass is 35.5. The van der Waals surface area contributed by atoms with Gasteiger partial charge in [0.25, 0.3) is 0 Å². The zero-order valence-corrected chi connectivity index (χ0v) is 11.5. The maximum absolute atomic E-state index is 11.8. The Morgan fingerprint density at radius 1 is 1.50 bits per heavy atom. The molecular weight excluding hydrogens is 273 g/mol. The zero-order valence-electron chi connectivity index (χ0n) is 9.99. The predicted octanol–water partition coefficient (Wildman–Crippen LogP) is 2.59. The van der Waals surface area contributed by atoms with Gasteiger partial charge in [0.05, 0.1) is 16.1 Å². The molecule has 1 saturated carbocycles. The molecule has 1 aromatic carbocycles. The molecule has 0 heterocycles. The largest absolute Gasteiger partial charge is 0.392 e. The smallest absolute Gasteiger partial charge is 0.223 e. The Kier molecular flexibility index (Phi) is 4.15. The minimum absolute atomic E-state index is 0.00743. The SMILES string of the molecule is CC(O)CNC(=O)C1CC1c1ccc(Cl)c(Cl)c1. The van der Waals surface area contributed by atoms with Crippen LogP contribution in [-0.2, 0) is 4.79 Å². The summed E-state index contributed by atoms with van der Waals surface area (Å²) in [5.74, 6) is 0.196. The van der Waals surface area contributed by atoms with Gasteiger partial charge in [0.2, 0.25) is 5.91 Å². The van der Waals surface area contributed by atoms with Crippen LogP contribution in [0.25, 0.3) is 0 Å². The normalized spacial score (nSPS) is 23.6. The number of benzene rings is 1. The van der Waals surface area contributed by atoms with Crippen molar-refractivity contribution in [2.45, 2.75) is 25.4 Å². The highest BCUT2D eigenvalue weighted by molar-refractivity contribution is 6.42. The fourth-order valence-electron chi connectivity index (χ4n) is 1.98. The first-order valence-corrected chi connectivity index (χ1v) is 6.65. The molecule has 18 heavy (non-hydrogen) atoms. The molecule has 1 aliphatic carbocycles. The molecule has 1 aromatic rings. The molecule has 2 rings (SSSR count). The first kappa shape index (κ1) is 13.7. The van der Waals surface area contributed by atoms with E-state index in [1.165, 1.54) is 0 Å². The monoisotopic (exact) mass is 287 g/mol. The Morgan fingerprint density at radius 2 is 2.22 bits per heavy atom. The van der Waals surface area contributed by atoms with E-state index in [4.69, 9.17) is 28.3 Å². The van der Waals surface area contributed by atoms with Crippen LogP contribution < -0.4 is 5.32 Å². The molecule has 2 N–H and O–H groups in total. The fourth-order valence-corrected chi connectivity index (χ4v) is 2.28. The van der Waals surface area contributed by atoms with E-state index in [1.807, 2.05) is 12.1 Å². The Labute approximate surface area is 116 Å². The number of hydrogen-bond acceptors (Lipinski definition) is 2. The second-order valence-corrected chi connectivity index (χ2v) is 5.53. The first-order valence-electron chi connectivity index (χ1n) is 5.89. The van der Waals surface area contributed by atoms with Gasteiger partial charge in [-0.15, -0.1) is 0 Å². The summed E-state index contributed by atoms with van der Waals surface area (Å²) in [6.07, 6.45) is 0.306. The van der Waals surface area contributed by atoms with Gasteiger partial charge in [-0.3, -0.25) is 4.79 Å². The number of amides is 1. The van der Waals surface area contributed by atoms with Crippen molar-refractivity contribution >= 4 is 29.1 Å². The lowest BCUT2D eigenvalue weighted by Gasteiger charge is -2.07. The van der Waals surface area contributed by atoms with Crippen molar-refractivity contribution in [2.75, 3.05) is 6.54 Å². The summed E-state index contributed by atoms with van der Waals surface area (Å²) in [7, 11) is 0. The van der Waals surface area contributed by atoms with Gasteiger partial charge in [-0.2, -0.15) is 0 Å². The number of hydrogen-bond donors (Lipinski definition) is 2. The van der Waals surface area contributed by atoms with Crippen molar-refractivity contribution in [3.8, 4) is 0 Å². The number of nitrogens with one attached hydrogen (secondary N) is 1. The van der Waals surface area contributed by atoms with E-state index in [2.05, 4.69) is 5.32 Å². The lowest BCUT2D eigenvalue weighted by Crippen LogP contribution is -2.31. The molecule has 1 fully saturated rings. The van der Waals surface area contributed by atoms with Crippen molar-refractivity contribution in [3.63, 3.8) is 0 Å². The summed E-state index contributed by atoms with van der Waals surface area (Å²) in [5.41, 5.74) is 1.04. The molecule has 0 aliphatic heterocycles. The maximum atomic E-state index is 11.8. The minimum Gasteiger partial charge on any atom is -0.392 e. The van der Waals surface area contributed by atoms with Gasteiger partial charge >= 0.3 is 0 Å². The lowest BCUT2D eigenvalue weighted by atomic mass is 10.1. The summed E-state index contributed by atoms with van der Waals surface area (Å²) in [6, 6.07) is 5.47. The molecule has 1 aliphatic rings. The van der Waals surface area contributed by atoms with E-state index < -0.39 is 6.10 Å². The molecule has 98 valence electrons. The lowest BCUT2D eigenvalue weighted by molar-refractivity contribution is -0.122. The molecule has 0 bridgehead atoms. The van der Waals surface area contributed by atoms with E-state index in [9.17, 15) is 4.79 Å². The minimum atomic E-state index is -0.517. The first-order chi connectivity index (χ1) is 8.49. The third-order valence-corrected chi connectivity index (χ3v) is 3.81. The predicted molar refractivity (Wildman–Crippen MR) is 72.0 cm³/mol. The van der Waals surface area contributed by atoms with Gasteiger partial charge in [0.15, 0.2) is 0 Å². The molecule has 0 aromatic heterocycles. The number of carbonyl (C=O) groups is 1. The van der Waals surface area contributed by atoms with Gasteiger partial charge in [-0.05, 0) is 37.0 Å². The van der Waals surface area contributed by atoms with E-state index in [0.717, 1.165) is 12.0 Å². The Balaban J connectivity index is 1.94. The van der Waals surface area contributed by atoms with Gasteiger partial charge in [0, 0.05) is 12.5 Å². The third-order valence-electron chi connectivity index (χ3n) is 3.07. The molecule has 0 spiro atoms. The summed E-state index contributed by atoms with van der Waals surface area (Å²) in [4.78, 5) is 11.8. The van der Waals surface area contributed by atoms with E-state index in [1.54, 1.807) is 13.0 Å². The van der Waals surface area contributed by atoms with E-state index >= 15 is 0 Å². The van der Waals surface area contributed by atoms with Crippen LogP contribution in [0.3, 0.4) is 0 Å². The van der Waals surface area contributed by atoms with Crippen molar-refractivity contribution in [3.05, 3.63) is 33.8 Å². The highest BCUT2D eigenvalue weighted by Gasteiger charge is 2.43. The average Bonchev–Trinajstić information content (AvgIpc) is 3.09. The molecule has 1 amide bonds. The topological polar surface area (TPSA) is 49.3 Å². The standard InChI is InChI=1S/C13H15Cl2NO2/c1-7(17)6-16-13(18)10-5-9(10)8-2-3-11(14)12(15)4-8/h2-4,7,9-10,17H,5-6H2,1H3,(H,16,18). The van der Waals surface area contributed by atoms with Gasteiger partial charge in [-0.25, -0.2) is 0 Å². The van der Waals surface area contributed by atoms with Gasteiger partial charge in [0.1, 0.15) is 0 Å². The molecule has 5 heteroatoms. The number of carbonyl (C=O) groups excluding carboxylic acids is 1. The summed E-state index contributed by atoms with van der Waals surface area (Å²) >= 11 is 11.8. The third kappa shape index (κ3) is 3.16. The van der Waals surface area contributed by atoms with Gasteiger partial charge in [-0.1, -0.05) is 29.3 Å². The van der Waals surface area contributed by atoms with Crippen molar-refractivity contribution in [1.82, 2.24) is 5.32 Å². The molecular formula is C13H15Cl2NO2. The number of aliphatic hydroxyl groups excluding tert-OH is 1. The van der Waals surface area contributed by atoms with Crippen molar-refractivity contribution in [2.24, 2.45) is 5.92 Å². The second kappa shape index (κ2) is 5.47. The number of rotatable bonds is 4. The van der Waals surface area contributed by atoms with Crippen LogP contribution in [0.15, 0.2) is 18.2 Å². The van der Waals surface area contributed by atoms with Crippen LogP contribution in [0, 0.1) is 5.92 Å². The molecule has 0 radical (unpaired) electrons. The Morgan fingerprint density at radius 3 is 2.83 bits per heavy atom. The highest BCUT2D eigenvalue weighted by Crippen LogP contribution is 2.48. The van der Waals surface area contributed by atoms with E-state index in [-0.39, 0.29) is 17.7 Å². The fraction of sp³-hybridized carbons (Fsp3) is 0.462. The average molecular weight is 288 g/mol. The Bertz CT molecular complexity index is 462. The van der Waals surface area contributed by atoms with Crippen LogP contribution in [0.5, 0.6) is 0 Å². The summed E-state index contributed by atoms with van der Waals surface area (Å²) < 4.78 is 0. The maximum Gasteiger partial charge on any atom is 0.223 e. The Hall–Kier alpha value is -0.770. The number of halogens is 2.